The van der Waals surface area contributed by atoms with Gasteiger partial charge in [-0.3, -0.25) is 4.79 Å². The van der Waals surface area contributed by atoms with Crippen molar-refractivity contribution in [3.05, 3.63) is 41.6 Å². The van der Waals surface area contributed by atoms with E-state index in [0.29, 0.717) is 50.9 Å². The van der Waals surface area contributed by atoms with Crippen LogP contribution < -0.4 is 20.9 Å². The number of nitrogens with one attached hydrogen (secondary N) is 1. The second-order valence-electron chi connectivity index (χ2n) is 10.6. The van der Waals surface area contributed by atoms with Crippen molar-refractivity contribution < 1.29 is 14.3 Å². The molecule has 0 spiro atoms. The molecule has 3 heterocycles. The Balaban J connectivity index is 1.39. The normalized spacial score (nSPS) is 19.0. The van der Waals surface area contributed by atoms with Gasteiger partial charge in [-0.2, -0.15) is 0 Å². The van der Waals surface area contributed by atoms with Gasteiger partial charge in [0.25, 0.3) is 0 Å². The fraction of sp³-hybridized carbons (Fsp3) is 0.538. The minimum absolute atomic E-state index is 0.0465. The summed E-state index contributed by atoms with van der Waals surface area (Å²) in [5, 5.41) is 11.2. The predicted octanol–water partition coefficient (Wildman–Crippen LogP) is 3.17. The molecular formula is C26H36ClN7O3. The highest BCUT2D eigenvalue weighted by atomic mass is 35.5. The first-order valence-electron chi connectivity index (χ1n) is 12.7. The summed E-state index contributed by atoms with van der Waals surface area (Å²) < 4.78 is 5.49. The van der Waals surface area contributed by atoms with Gasteiger partial charge in [-0.05, 0) is 51.7 Å². The zero-order chi connectivity index (χ0) is 26.6. The molecule has 2 fully saturated rings. The van der Waals surface area contributed by atoms with E-state index < -0.39 is 11.6 Å². The van der Waals surface area contributed by atoms with Gasteiger partial charge in [0.2, 0.25) is 5.91 Å². The maximum Gasteiger partial charge on any atom is 0.410 e. The molecule has 11 heteroatoms. The molecule has 2 amide bonds. The summed E-state index contributed by atoms with van der Waals surface area (Å²) in [7, 11) is 0. The highest BCUT2D eigenvalue weighted by Crippen LogP contribution is 2.28. The van der Waals surface area contributed by atoms with Crippen molar-refractivity contribution >= 4 is 40.8 Å². The quantitative estimate of drug-likeness (QED) is 0.606. The minimum Gasteiger partial charge on any atom is -0.444 e. The van der Waals surface area contributed by atoms with Crippen molar-refractivity contribution in [2.75, 3.05) is 54.8 Å². The van der Waals surface area contributed by atoms with Gasteiger partial charge in [0.15, 0.2) is 11.0 Å². The van der Waals surface area contributed by atoms with Crippen LogP contribution in [0.3, 0.4) is 0 Å². The summed E-state index contributed by atoms with van der Waals surface area (Å²) in [6.07, 6.45) is 1.35. The number of piperidine rings is 1. The number of piperazine rings is 1. The minimum atomic E-state index is -0.511. The first kappa shape index (κ1) is 26.8. The molecule has 1 aromatic heterocycles. The number of carbonyl (C=O) groups excluding carboxylic acids is 2. The first-order chi connectivity index (χ1) is 17.6. The third-order valence-electron chi connectivity index (χ3n) is 6.71. The van der Waals surface area contributed by atoms with E-state index in [0.717, 1.165) is 18.5 Å². The molecule has 10 nitrogen and oxygen atoms in total. The van der Waals surface area contributed by atoms with Crippen LogP contribution in [-0.4, -0.2) is 78.0 Å². The average Bonchev–Trinajstić information content (AvgIpc) is 2.88. The molecule has 0 aliphatic carbocycles. The number of aromatic nitrogens is 2. The van der Waals surface area contributed by atoms with Crippen LogP contribution >= 0.6 is 11.6 Å². The zero-order valence-corrected chi connectivity index (χ0v) is 22.4. The van der Waals surface area contributed by atoms with Gasteiger partial charge in [-0.25, -0.2) is 4.79 Å². The van der Waals surface area contributed by atoms with E-state index in [1.54, 1.807) is 11.0 Å². The van der Waals surface area contributed by atoms with Crippen LogP contribution in [0.4, 0.5) is 22.0 Å². The lowest BCUT2D eigenvalue weighted by Crippen LogP contribution is -2.60. The summed E-state index contributed by atoms with van der Waals surface area (Å²) >= 11 is 6.08. The Labute approximate surface area is 223 Å². The average molecular weight is 530 g/mol. The largest absolute Gasteiger partial charge is 0.444 e. The van der Waals surface area contributed by atoms with Crippen molar-refractivity contribution in [2.24, 2.45) is 5.92 Å². The maximum absolute atomic E-state index is 13.5. The second-order valence-corrected chi connectivity index (χ2v) is 11.0. The number of amides is 2. The number of para-hydroxylation sites is 1. The van der Waals surface area contributed by atoms with Crippen LogP contribution in [0.1, 0.15) is 33.6 Å². The molecule has 3 N–H and O–H groups in total. The van der Waals surface area contributed by atoms with Gasteiger partial charge in [0.05, 0.1) is 5.69 Å². The van der Waals surface area contributed by atoms with Crippen LogP contribution in [0.25, 0.3) is 0 Å². The van der Waals surface area contributed by atoms with Gasteiger partial charge in [-0.15, -0.1) is 10.2 Å². The van der Waals surface area contributed by atoms with E-state index in [1.165, 1.54) is 0 Å². The summed E-state index contributed by atoms with van der Waals surface area (Å²) in [4.78, 5) is 31.8. The van der Waals surface area contributed by atoms with Crippen LogP contribution in [-0.2, 0) is 9.53 Å². The molecule has 2 aliphatic rings. The number of ether oxygens (including phenoxy) is 1. The standard InChI is InChI=1S/C26H36ClN7O3/c1-26(2,3)37-25(36)32-11-9-18(10-12-32)16-29-24(35)21-17-33(20-15-22(27)30-31-23(20)28)13-14-34(21)19-7-5-4-6-8-19/h4-8,15,18,21H,9-14,16-17H2,1-3H3,(H2,28,31)(H,29,35). The molecule has 2 aliphatic heterocycles. The fourth-order valence-electron chi connectivity index (χ4n) is 4.79. The third-order valence-corrected chi connectivity index (χ3v) is 6.90. The molecule has 0 saturated carbocycles. The Morgan fingerprint density at radius 1 is 1.11 bits per heavy atom. The Morgan fingerprint density at radius 3 is 2.49 bits per heavy atom. The van der Waals surface area contributed by atoms with E-state index in [9.17, 15) is 9.59 Å². The molecule has 37 heavy (non-hydrogen) atoms. The molecule has 2 saturated heterocycles. The van der Waals surface area contributed by atoms with Gasteiger partial charge in [0, 0.05) is 51.0 Å². The number of hydrogen-bond donors (Lipinski definition) is 2. The molecule has 2 aromatic rings. The highest BCUT2D eigenvalue weighted by Gasteiger charge is 2.34. The van der Waals surface area contributed by atoms with E-state index in [4.69, 9.17) is 22.1 Å². The van der Waals surface area contributed by atoms with E-state index in [-0.39, 0.29) is 23.0 Å². The number of anilines is 3. The van der Waals surface area contributed by atoms with Gasteiger partial charge >= 0.3 is 6.09 Å². The molecular weight excluding hydrogens is 494 g/mol. The summed E-state index contributed by atoms with van der Waals surface area (Å²) in [5.41, 5.74) is 7.25. The van der Waals surface area contributed by atoms with E-state index >= 15 is 0 Å². The number of nitrogen functional groups attached to an aromatic ring is 1. The lowest BCUT2D eigenvalue weighted by atomic mass is 9.97. The fourth-order valence-corrected chi connectivity index (χ4v) is 4.93. The van der Waals surface area contributed by atoms with Crippen LogP contribution in [0, 0.1) is 5.92 Å². The summed E-state index contributed by atoms with van der Waals surface area (Å²) in [6, 6.07) is 11.2. The molecule has 1 aromatic carbocycles. The number of benzene rings is 1. The smallest absolute Gasteiger partial charge is 0.410 e. The van der Waals surface area contributed by atoms with Gasteiger partial charge in [-0.1, -0.05) is 29.8 Å². The van der Waals surface area contributed by atoms with Crippen LogP contribution in [0.5, 0.6) is 0 Å². The van der Waals surface area contributed by atoms with Gasteiger partial charge in [0.1, 0.15) is 11.6 Å². The topological polar surface area (TPSA) is 117 Å². The van der Waals surface area contributed by atoms with Crippen LogP contribution in [0.2, 0.25) is 5.15 Å². The van der Waals surface area contributed by atoms with Crippen molar-refractivity contribution in [3.8, 4) is 0 Å². The van der Waals surface area contributed by atoms with E-state index in [1.807, 2.05) is 56.0 Å². The number of nitrogens with two attached hydrogens (primary N) is 1. The number of halogens is 1. The van der Waals surface area contributed by atoms with Crippen molar-refractivity contribution in [2.45, 2.75) is 45.3 Å². The Hall–Kier alpha value is -3.27. The Bertz CT molecular complexity index is 1090. The molecule has 0 radical (unpaired) electrons. The number of carbonyl (C=O) groups is 2. The zero-order valence-electron chi connectivity index (χ0n) is 21.7. The first-order valence-corrected chi connectivity index (χ1v) is 13.1. The molecule has 0 bridgehead atoms. The third kappa shape index (κ3) is 6.94. The van der Waals surface area contributed by atoms with E-state index in [2.05, 4.69) is 20.4 Å². The number of nitrogens with zero attached hydrogens (tertiary/aromatic N) is 5. The Morgan fingerprint density at radius 2 is 1.81 bits per heavy atom. The number of likely N-dealkylation sites (tertiary alicyclic amines) is 1. The Kier molecular flexibility index (Phi) is 8.26. The second kappa shape index (κ2) is 11.4. The molecule has 200 valence electrons. The van der Waals surface area contributed by atoms with Crippen LogP contribution in [0.15, 0.2) is 36.4 Å². The molecule has 1 atom stereocenters. The molecule has 4 rings (SSSR count). The number of rotatable bonds is 5. The predicted molar refractivity (Wildman–Crippen MR) is 145 cm³/mol. The van der Waals surface area contributed by atoms with Crippen molar-refractivity contribution in [3.63, 3.8) is 0 Å². The van der Waals surface area contributed by atoms with Crippen molar-refractivity contribution in [1.29, 1.82) is 0 Å². The SMILES string of the molecule is CC(C)(C)OC(=O)N1CCC(CNC(=O)C2CN(c3cc(Cl)nnc3N)CCN2c2ccccc2)CC1. The summed E-state index contributed by atoms with van der Waals surface area (Å²) in [6.45, 7) is 9.14. The van der Waals surface area contributed by atoms with Gasteiger partial charge < -0.3 is 30.5 Å². The van der Waals surface area contributed by atoms with Crippen molar-refractivity contribution in [1.82, 2.24) is 20.4 Å². The lowest BCUT2D eigenvalue weighted by Gasteiger charge is -2.43. The lowest BCUT2D eigenvalue weighted by molar-refractivity contribution is -0.122. The molecule has 1 unspecified atom stereocenters. The monoisotopic (exact) mass is 529 g/mol. The number of hydrogen-bond acceptors (Lipinski definition) is 8. The summed E-state index contributed by atoms with van der Waals surface area (Å²) in [5.74, 6) is 0.537. The highest BCUT2D eigenvalue weighted by molar-refractivity contribution is 6.29. The maximum atomic E-state index is 13.5.